The molecule has 0 aliphatic carbocycles. The van der Waals surface area contributed by atoms with Gasteiger partial charge in [-0.1, -0.05) is 0 Å². The van der Waals surface area contributed by atoms with Crippen molar-refractivity contribution in [1.82, 2.24) is 14.8 Å². The number of hydrogen-bond donors (Lipinski definition) is 1. The average Bonchev–Trinajstić information content (AvgIpc) is 3.04. The van der Waals surface area contributed by atoms with Gasteiger partial charge in [-0.05, 0) is 42.5 Å². The van der Waals surface area contributed by atoms with Gasteiger partial charge >= 0.3 is 35.7 Å². The molecule has 0 saturated carbocycles. The summed E-state index contributed by atoms with van der Waals surface area (Å²) >= 11 is 0. The van der Waals surface area contributed by atoms with Crippen LogP contribution in [0, 0.1) is 0 Å². The normalized spacial score (nSPS) is 10.4. The molecule has 0 aliphatic heterocycles. The topological polar surface area (TPSA) is 79.8 Å². The minimum absolute atomic E-state index is 0. The molecule has 2 N–H and O–H groups in total. The Kier molecular flexibility index (Phi) is 7.62. The fourth-order valence-corrected chi connectivity index (χ4v) is 2.05. The Morgan fingerprint density at radius 2 is 1.72 bits per heavy atom. The van der Waals surface area contributed by atoms with E-state index in [-0.39, 0.29) is 29.6 Å². The number of nitrogen functional groups attached to an aromatic ring is 1. The van der Waals surface area contributed by atoms with Crippen molar-refractivity contribution in [2.24, 2.45) is 0 Å². The zero-order chi connectivity index (χ0) is 17.7. The van der Waals surface area contributed by atoms with Crippen LogP contribution < -0.4 is 40.4 Å². The third-order valence-electron chi connectivity index (χ3n) is 3.09. The van der Waals surface area contributed by atoms with Crippen molar-refractivity contribution in [3.8, 4) is 16.9 Å². The van der Waals surface area contributed by atoms with E-state index in [0.717, 1.165) is 13.2 Å². The molecule has 0 bridgehead atoms. The predicted molar refractivity (Wildman–Crippen MR) is 82.1 cm³/mol. The number of alkyl halides is 3. The molecular formula is C16H14F3N4NaO. The van der Waals surface area contributed by atoms with Crippen LogP contribution in [0.5, 0.6) is 0 Å². The van der Waals surface area contributed by atoms with Crippen LogP contribution in [-0.4, -0.2) is 21.9 Å². The van der Waals surface area contributed by atoms with Gasteiger partial charge in [0, 0.05) is 23.6 Å². The van der Waals surface area contributed by atoms with Crippen LogP contribution in [0.1, 0.15) is 5.69 Å². The van der Waals surface area contributed by atoms with Gasteiger partial charge in [-0.2, -0.15) is 25.4 Å². The molecule has 9 heteroatoms. The molecule has 2 aromatic heterocycles. The summed E-state index contributed by atoms with van der Waals surface area (Å²) in [7, 11) is 0.750. The summed E-state index contributed by atoms with van der Waals surface area (Å²) in [6.07, 6.45) is -1.47. The average molecular weight is 358 g/mol. The van der Waals surface area contributed by atoms with Gasteiger partial charge in [0.2, 0.25) is 0 Å². The smallest absolute Gasteiger partial charge is 0.857 e. The van der Waals surface area contributed by atoms with Gasteiger partial charge in [0.05, 0.1) is 11.4 Å². The largest absolute Gasteiger partial charge is 1.00 e. The molecule has 0 unspecified atom stereocenters. The third kappa shape index (κ3) is 5.05. The van der Waals surface area contributed by atoms with E-state index in [4.69, 9.17) is 10.8 Å². The SMILES string of the molecule is C[O-].Nc1ccc(-n2nc(C(F)(F)F)cc2-c2cccnc2)cc1.[Na+]. The van der Waals surface area contributed by atoms with E-state index in [0.29, 0.717) is 22.6 Å². The second-order valence-electron chi connectivity index (χ2n) is 4.66. The number of halogens is 3. The van der Waals surface area contributed by atoms with Gasteiger partial charge in [0.15, 0.2) is 5.69 Å². The number of rotatable bonds is 2. The van der Waals surface area contributed by atoms with Crippen LogP contribution in [0.2, 0.25) is 0 Å². The first-order valence-corrected chi connectivity index (χ1v) is 6.79. The Morgan fingerprint density at radius 1 is 1.08 bits per heavy atom. The van der Waals surface area contributed by atoms with Crippen molar-refractivity contribution >= 4 is 5.69 Å². The Bertz CT molecular complexity index is 789. The Balaban J connectivity index is 0.00000101. The van der Waals surface area contributed by atoms with Crippen molar-refractivity contribution in [3.63, 3.8) is 0 Å². The van der Waals surface area contributed by atoms with Crippen LogP contribution in [0.3, 0.4) is 0 Å². The fourth-order valence-electron chi connectivity index (χ4n) is 2.05. The monoisotopic (exact) mass is 358 g/mol. The van der Waals surface area contributed by atoms with Crippen LogP contribution in [-0.2, 0) is 6.18 Å². The summed E-state index contributed by atoms with van der Waals surface area (Å²) in [6, 6.07) is 10.8. The van der Waals surface area contributed by atoms with Crippen LogP contribution >= 0.6 is 0 Å². The van der Waals surface area contributed by atoms with Crippen LogP contribution in [0.15, 0.2) is 54.9 Å². The first kappa shape index (κ1) is 21.2. The first-order chi connectivity index (χ1) is 11.4. The molecule has 5 nitrogen and oxygen atoms in total. The van der Waals surface area contributed by atoms with E-state index in [2.05, 4.69) is 10.1 Å². The number of anilines is 1. The van der Waals surface area contributed by atoms with Gasteiger partial charge in [-0.3, -0.25) is 4.98 Å². The zero-order valence-corrected chi connectivity index (χ0v) is 15.7. The number of nitrogens with zero attached hydrogens (tertiary/aromatic N) is 3. The maximum absolute atomic E-state index is 13.0. The summed E-state index contributed by atoms with van der Waals surface area (Å²) in [4.78, 5) is 3.94. The third-order valence-corrected chi connectivity index (χ3v) is 3.09. The Hall–Kier alpha value is -1.87. The molecule has 2 heterocycles. The van der Waals surface area contributed by atoms with Crippen molar-refractivity contribution in [3.05, 3.63) is 60.6 Å². The molecule has 0 radical (unpaired) electrons. The maximum atomic E-state index is 13.0. The zero-order valence-electron chi connectivity index (χ0n) is 13.7. The number of nitrogens with two attached hydrogens (primary N) is 1. The number of benzene rings is 1. The van der Waals surface area contributed by atoms with Crippen LogP contribution in [0.25, 0.3) is 16.9 Å². The van der Waals surface area contributed by atoms with Crippen LogP contribution in [0.4, 0.5) is 18.9 Å². The van der Waals surface area contributed by atoms with Crippen molar-refractivity contribution in [1.29, 1.82) is 0 Å². The fraction of sp³-hybridized carbons (Fsp3) is 0.125. The van der Waals surface area contributed by atoms with E-state index in [1.165, 1.54) is 10.9 Å². The molecule has 3 rings (SSSR count). The molecule has 3 aromatic rings. The van der Waals surface area contributed by atoms with E-state index in [1.807, 2.05) is 0 Å². The molecule has 0 saturated heterocycles. The second-order valence-corrected chi connectivity index (χ2v) is 4.66. The molecule has 0 spiro atoms. The van der Waals surface area contributed by atoms with Crippen molar-refractivity contribution in [2.75, 3.05) is 12.8 Å². The molecule has 0 amide bonds. The first-order valence-electron chi connectivity index (χ1n) is 6.79. The number of hydrogen-bond acceptors (Lipinski definition) is 4. The minimum Gasteiger partial charge on any atom is -0.857 e. The summed E-state index contributed by atoms with van der Waals surface area (Å²) in [5.74, 6) is 0. The summed E-state index contributed by atoms with van der Waals surface area (Å²) in [5.41, 5.74) is 6.52. The molecule has 0 fully saturated rings. The molecule has 0 atom stereocenters. The molecule has 25 heavy (non-hydrogen) atoms. The van der Waals surface area contributed by atoms with Gasteiger partial charge in [0.25, 0.3) is 0 Å². The number of pyridine rings is 1. The molecule has 1 aromatic carbocycles. The van der Waals surface area contributed by atoms with E-state index in [1.54, 1.807) is 42.6 Å². The second kappa shape index (κ2) is 9.00. The van der Waals surface area contributed by atoms with E-state index >= 15 is 0 Å². The standard InChI is InChI=1S/C15H11F3N4.CH3O.Na/c16-15(17,18)14-8-13(10-2-1-7-20-9-10)22(21-14)12-5-3-11(19)4-6-12;1-2;/h1-9H,19H2;1H3;/q;-1;+1. The predicted octanol–water partition coefficient (Wildman–Crippen LogP) is -0.484. The van der Waals surface area contributed by atoms with Crippen molar-refractivity contribution in [2.45, 2.75) is 6.18 Å². The van der Waals surface area contributed by atoms with E-state index in [9.17, 15) is 13.2 Å². The maximum Gasteiger partial charge on any atom is 1.00 e. The Morgan fingerprint density at radius 3 is 2.24 bits per heavy atom. The molecule has 126 valence electrons. The van der Waals surface area contributed by atoms with E-state index < -0.39 is 11.9 Å². The Labute approximate surface area is 164 Å². The summed E-state index contributed by atoms with van der Waals surface area (Å²) in [5, 5.41) is 11.9. The van der Waals surface area contributed by atoms with Crippen molar-refractivity contribution < 1.29 is 47.8 Å². The molecular weight excluding hydrogens is 344 g/mol. The van der Waals surface area contributed by atoms with Gasteiger partial charge in [-0.15, -0.1) is 0 Å². The van der Waals surface area contributed by atoms with Gasteiger partial charge < -0.3 is 10.8 Å². The minimum atomic E-state index is -4.52. The summed E-state index contributed by atoms with van der Waals surface area (Å²) < 4.78 is 40.1. The van der Waals surface area contributed by atoms with Gasteiger partial charge in [0.1, 0.15) is 0 Å². The quantitative estimate of drug-likeness (QED) is 0.496. The summed E-state index contributed by atoms with van der Waals surface area (Å²) in [6.45, 7) is 0. The number of aromatic nitrogens is 3. The molecule has 0 aliphatic rings. The van der Waals surface area contributed by atoms with Gasteiger partial charge in [-0.25, -0.2) is 4.68 Å².